The molecular formula is C20H22N2O4. The number of Topliss-reactive ketones (excluding diaryl/α,β-unsaturated/α-hetero) is 1. The Hall–Kier alpha value is -2.81. The first-order chi connectivity index (χ1) is 12.6. The van der Waals surface area contributed by atoms with Crippen LogP contribution in [0.4, 0.5) is 0 Å². The molecule has 0 radical (unpaired) electrons. The molecular weight excluding hydrogens is 332 g/mol. The molecule has 2 aliphatic rings. The van der Waals surface area contributed by atoms with Crippen molar-refractivity contribution in [2.45, 2.75) is 32.1 Å². The van der Waals surface area contributed by atoms with Crippen molar-refractivity contribution in [2.75, 3.05) is 21.3 Å². The number of hydrogen-bond donors (Lipinski definition) is 0. The van der Waals surface area contributed by atoms with E-state index in [9.17, 15) is 10.1 Å². The van der Waals surface area contributed by atoms with Crippen LogP contribution in [0.5, 0.6) is 17.2 Å². The summed E-state index contributed by atoms with van der Waals surface area (Å²) >= 11 is 0. The topological polar surface area (TPSA) is 80.9 Å². The number of aliphatic imine (C=N–C) groups is 1. The van der Waals surface area contributed by atoms with E-state index >= 15 is 0 Å². The van der Waals surface area contributed by atoms with Crippen molar-refractivity contribution >= 4 is 11.5 Å². The van der Waals surface area contributed by atoms with Crippen LogP contribution in [0, 0.1) is 17.2 Å². The maximum Gasteiger partial charge on any atom is 0.203 e. The van der Waals surface area contributed by atoms with Crippen molar-refractivity contribution in [1.82, 2.24) is 0 Å². The molecule has 1 unspecified atom stereocenters. The molecule has 1 aromatic carbocycles. The summed E-state index contributed by atoms with van der Waals surface area (Å²) in [5.74, 6) is 0.584. The molecule has 2 atom stereocenters. The fraction of sp³-hybridized carbons (Fsp3) is 0.450. The summed E-state index contributed by atoms with van der Waals surface area (Å²) in [5.41, 5.74) is 2.91. The predicted molar refractivity (Wildman–Crippen MR) is 96.9 cm³/mol. The highest BCUT2D eigenvalue weighted by Crippen LogP contribution is 2.50. The van der Waals surface area contributed by atoms with E-state index < -0.39 is 11.8 Å². The number of methoxy groups -OCH3 is 3. The van der Waals surface area contributed by atoms with Gasteiger partial charge in [-0.2, -0.15) is 5.26 Å². The number of rotatable bonds is 4. The standard InChI is InChI=1S/C20H22N2O4/c1-11-13(10-21)17(18-14(22-11)6-5-7-15(18)23)12-8-9-16(24-2)20(26-4)19(12)25-3/h8-9,13,17H,5-7H2,1-4H3/t13?,17-/m0/s1. The van der Waals surface area contributed by atoms with E-state index in [1.54, 1.807) is 20.3 Å². The van der Waals surface area contributed by atoms with Gasteiger partial charge >= 0.3 is 0 Å². The number of hydrogen-bond acceptors (Lipinski definition) is 6. The number of benzene rings is 1. The van der Waals surface area contributed by atoms with Gasteiger partial charge in [0.25, 0.3) is 0 Å². The third kappa shape index (κ3) is 2.74. The SMILES string of the molecule is COc1ccc([C@@H]2C3=C(CCCC3=O)N=C(C)C2C#N)c(OC)c1OC. The number of nitriles is 1. The minimum Gasteiger partial charge on any atom is -0.493 e. The van der Waals surface area contributed by atoms with Gasteiger partial charge in [-0.15, -0.1) is 0 Å². The molecule has 26 heavy (non-hydrogen) atoms. The first kappa shape index (κ1) is 18.0. The molecule has 0 fully saturated rings. The third-order valence-electron chi connectivity index (χ3n) is 5.04. The van der Waals surface area contributed by atoms with Crippen LogP contribution in [-0.4, -0.2) is 32.8 Å². The van der Waals surface area contributed by atoms with Crippen LogP contribution >= 0.6 is 0 Å². The Labute approximate surface area is 153 Å². The van der Waals surface area contributed by atoms with Gasteiger partial charge in [0.1, 0.15) is 0 Å². The van der Waals surface area contributed by atoms with Gasteiger partial charge in [-0.1, -0.05) is 6.07 Å². The van der Waals surface area contributed by atoms with Crippen molar-refractivity contribution in [3.05, 3.63) is 29.0 Å². The lowest BCUT2D eigenvalue weighted by molar-refractivity contribution is -0.116. The Morgan fingerprint density at radius 1 is 1.12 bits per heavy atom. The van der Waals surface area contributed by atoms with E-state index in [2.05, 4.69) is 11.1 Å². The van der Waals surface area contributed by atoms with Crippen LogP contribution in [0.15, 0.2) is 28.4 Å². The largest absolute Gasteiger partial charge is 0.493 e. The van der Waals surface area contributed by atoms with E-state index in [0.29, 0.717) is 29.2 Å². The van der Waals surface area contributed by atoms with Crippen LogP contribution < -0.4 is 14.2 Å². The lowest BCUT2D eigenvalue weighted by Crippen LogP contribution is -2.31. The molecule has 136 valence electrons. The van der Waals surface area contributed by atoms with E-state index in [1.165, 1.54) is 7.11 Å². The maximum absolute atomic E-state index is 12.7. The molecule has 0 saturated heterocycles. The molecule has 0 N–H and O–H groups in total. The monoisotopic (exact) mass is 354 g/mol. The molecule has 1 aliphatic carbocycles. The van der Waals surface area contributed by atoms with E-state index in [1.807, 2.05) is 13.0 Å². The van der Waals surface area contributed by atoms with Gasteiger partial charge in [-0.3, -0.25) is 9.79 Å². The summed E-state index contributed by atoms with van der Waals surface area (Å²) in [6.07, 6.45) is 2.03. The van der Waals surface area contributed by atoms with Gasteiger partial charge in [0.2, 0.25) is 5.75 Å². The van der Waals surface area contributed by atoms with Crippen molar-refractivity contribution in [3.8, 4) is 23.3 Å². The molecule has 1 heterocycles. The zero-order valence-electron chi connectivity index (χ0n) is 15.5. The Kier molecular flexibility index (Phi) is 4.99. The first-order valence-electron chi connectivity index (χ1n) is 8.57. The van der Waals surface area contributed by atoms with Crippen molar-refractivity contribution in [3.63, 3.8) is 0 Å². The second-order valence-electron chi connectivity index (χ2n) is 6.40. The second-order valence-corrected chi connectivity index (χ2v) is 6.40. The van der Waals surface area contributed by atoms with Crippen LogP contribution in [0.3, 0.4) is 0 Å². The summed E-state index contributed by atoms with van der Waals surface area (Å²) in [5, 5.41) is 9.80. The summed E-state index contributed by atoms with van der Waals surface area (Å²) in [6.45, 7) is 1.84. The number of ether oxygens (including phenoxy) is 3. The smallest absolute Gasteiger partial charge is 0.203 e. The maximum atomic E-state index is 12.7. The lowest BCUT2D eigenvalue weighted by atomic mass is 9.72. The quantitative estimate of drug-likeness (QED) is 0.827. The fourth-order valence-corrected chi connectivity index (χ4v) is 3.88. The van der Waals surface area contributed by atoms with Gasteiger partial charge in [-0.25, -0.2) is 0 Å². The number of carbonyl (C=O) groups is 1. The second kappa shape index (κ2) is 7.20. The minimum absolute atomic E-state index is 0.0598. The van der Waals surface area contributed by atoms with Gasteiger partial charge in [-0.05, 0) is 25.8 Å². The zero-order chi connectivity index (χ0) is 18.8. The van der Waals surface area contributed by atoms with Crippen LogP contribution in [0.2, 0.25) is 0 Å². The van der Waals surface area contributed by atoms with Crippen LogP contribution in [-0.2, 0) is 4.79 Å². The van der Waals surface area contributed by atoms with Crippen molar-refractivity contribution in [1.29, 1.82) is 5.26 Å². The highest BCUT2D eigenvalue weighted by molar-refractivity contribution is 6.03. The summed E-state index contributed by atoms with van der Waals surface area (Å²) in [6, 6.07) is 5.95. The molecule has 0 bridgehead atoms. The molecule has 0 saturated carbocycles. The Bertz CT molecular complexity index is 848. The lowest BCUT2D eigenvalue weighted by Gasteiger charge is -2.33. The van der Waals surface area contributed by atoms with Crippen LogP contribution in [0.1, 0.15) is 37.7 Å². The minimum atomic E-state index is -0.525. The number of allylic oxidation sites excluding steroid dienone is 2. The van der Waals surface area contributed by atoms with E-state index in [0.717, 1.165) is 29.8 Å². The van der Waals surface area contributed by atoms with Crippen molar-refractivity contribution < 1.29 is 19.0 Å². The van der Waals surface area contributed by atoms with E-state index in [4.69, 9.17) is 14.2 Å². The van der Waals surface area contributed by atoms with Gasteiger partial charge < -0.3 is 14.2 Å². The highest BCUT2D eigenvalue weighted by Gasteiger charge is 2.41. The molecule has 0 spiro atoms. The molecule has 6 nitrogen and oxygen atoms in total. The predicted octanol–water partition coefficient (Wildman–Crippen LogP) is 3.42. The summed E-state index contributed by atoms with van der Waals surface area (Å²) in [7, 11) is 4.64. The average molecular weight is 354 g/mol. The van der Waals surface area contributed by atoms with E-state index in [-0.39, 0.29) is 5.78 Å². The van der Waals surface area contributed by atoms with Crippen molar-refractivity contribution in [2.24, 2.45) is 10.9 Å². The Morgan fingerprint density at radius 2 is 1.85 bits per heavy atom. The third-order valence-corrected chi connectivity index (χ3v) is 5.04. The van der Waals surface area contributed by atoms with Gasteiger partial charge in [0.05, 0.1) is 33.3 Å². The van der Waals surface area contributed by atoms with Gasteiger partial charge in [0, 0.05) is 34.9 Å². The normalized spacial score (nSPS) is 22.3. The molecule has 1 aromatic rings. The molecule has 1 aliphatic heterocycles. The number of ketones is 1. The van der Waals surface area contributed by atoms with Crippen LogP contribution in [0.25, 0.3) is 0 Å². The fourth-order valence-electron chi connectivity index (χ4n) is 3.88. The number of nitrogens with zero attached hydrogens (tertiary/aromatic N) is 2. The Morgan fingerprint density at radius 3 is 2.46 bits per heavy atom. The first-order valence-corrected chi connectivity index (χ1v) is 8.57. The van der Waals surface area contributed by atoms with Gasteiger partial charge in [0.15, 0.2) is 17.3 Å². The molecule has 0 aromatic heterocycles. The summed E-state index contributed by atoms with van der Waals surface area (Å²) in [4.78, 5) is 17.3. The molecule has 3 rings (SSSR count). The average Bonchev–Trinajstić information content (AvgIpc) is 2.65. The molecule has 6 heteroatoms. The highest BCUT2D eigenvalue weighted by atomic mass is 16.5. The summed E-state index contributed by atoms with van der Waals surface area (Å²) < 4.78 is 16.5. The molecule has 0 amide bonds. The number of carbonyl (C=O) groups excluding carboxylic acids is 1. The zero-order valence-corrected chi connectivity index (χ0v) is 15.5. The Balaban J connectivity index is 2.26.